The summed E-state index contributed by atoms with van der Waals surface area (Å²) in [5, 5.41) is 3.37. The summed E-state index contributed by atoms with van der Waals surface area (Å²) in [6, 6.07) is 8.92. The number of anilines is 1. The van der Waals surface area contributed by atoms with Crippen LogP contribution in [0.25, 0.3) is 0 Å². The highest BCUT2D eigenvalue weighted by atomic mass is 32.2. The molecule has 1 N–H and O–H groups in total. The van der Waals surface area contributed by atoms with E-state index >= 15 is 4.39 Å². The van der Waals surface area contributed by atoms with Crippen molar-refractivity contribution in [2.75, 3.05) is 23.7 Å². The molecule has 33 heavy (non-hydrogen) atoms. The van der Waals surface area contributed by atoms with Crippen LogP contribution >= 0.6 is 11.8 Å². The third kappa shape index (κ3) is 4.17. The molecule has 170 valence electrons. The summed E-state index contributed by atoms with van der Waals surface area (Å²) in [6.45, 7) is 2.94. The summed E-state index contributed by atoms with van der Waals surface area (Å²) in [5.41, 5.74) is 0.182. The molecule has 9 heteroatoms. The van der Waals surface area contributed by atoms with Crippen molar-refractivity contribution in [3.8, 4) is 0 Å². The molecule has 1 aliphatic carbocycles. The highest BCUT2D eigenvalue weighted by Gasteiger charge is 2.53. The van der Waals surface area contributed by atoms with Gasteiger partial charge in [-0.3, -0.25) is 4.79 Å². The summed E-state index contributed by atoms with van der Waals surface area (Å²) >= 11 is 1.45. The van der Waals surface area contributed by atoms with Crippen LogP contribution in [0, 0.1) is 17.7 Å². The van der Waals surface area contributed by atoms with Gasteiger partial charge < -0.3 is 10.2 Å². The summed E-state index contributed by atoms with van der Waals surface area (Å²) in [5.74, 6) is 0.141. The summed E-state index contributed by atoms with van der Waals surface area (Å²) < 4.78 is 28.6. The number of carbonyl (C=O) groups is 1. The molecule has 6 nitrogen and oxygen atoms in total. The molecule has 1 aromatic carbocycles. The van der Waals surface area contributed by atoms with Crippen LogP contribution in [0.3, 0.4) is 0 Å². The molecule has 0 saturated carbocycles. The van der Waals surface area contributed by atoms with Gasteiger partial charge in [0.2, 0.25) is 5.95 Å². The Kier molecular flexibility index (Phi) is 5.74. The first-order chi connectivity index (χ1) is 15.9. The molecule has 0 bridgehead atoms. The maximum absolute atomic E-state index is 15.2. The Balaban J connectivity index is 1.52. The number of halogens is 2. The van der Waals surface area contributed by atoms with Crippen LogP contribution in [0.5, 0.6) is 0 Å². The van der Waals surface area contributed by atoms with E-state index in [2.05, 4.69) is 15.3 Å². The number of allylic oxidation sites excluding steroid dienone is 2. The highest BCUT2D eigenvalue weighted by Crippen LogP contribution is 2.47. The smallest absolute Gasteiger partial charge is 0.257 e. The van der Waals surface area contributed by atoms with Crippen LogP contribution in [-0.4, -0.2) is 45.4 Å². The molecule has 2 aromatic rings. The van der Waals surface area contributed by atoms with E-state index in [1.807, 2.05) is 24.0 Å². The van der Waals surface area contributed by atoms with Crippen molar-refractivity contribution >= 4 is 28.8 Å². The fourth-order valence-corrected chi connectivity index (χ4v) is 5.74. The van der Waals surface area contributed by atoms with Crippen LogP contribution in [-0.2, 0) is 0 Å². The van der Waals surface area contributed by atoms with Crippen molar-refractivity contribution in [2.24, 2.45) is 16.8 Å². The third-order valence-electron chi connectivity index (χ3n) is 6.26. The molecule has 3 atom stereocenters. The molecule has 5 rings (SSSR count). The molecule has 3 heterocycles. The first-order valence-electron chi connectivity index (χ1n) is 10.8. The van der Waals surface area contributed by atoms with Crippen molar-refractivity contribution in [1.29, 1.82) is 0 Å². The van der Waals surface area contributed by atoms with Crippen molar-refractivity contribution in [3.63, 3.8) is 0 Å². The Morgan fingerprint density at radius 1 is 1.21 bits per heavy atom. The number of nitrogens with one attached hydrogen (secondary N) is 1. The fraction of sp³-hybridized carbons (Fsp3) is 0.333. The van der Waals surface area contributed by atoms with E-state index in [9.17, 15) is 9.18 Å². The molecule has 2 unspecified atom stereocenters. The lowest BCUT2D eigenvalue weighted by molar-refractivity contribution is 0.0977. The molecular formula is C24H23F2N5OS. The summed E-state index contributed by atoms with van der Waals surface area (Å²) in [4.78, 5) is 27.9. The number of aromatic nitrogens is 2. The summed E-state index contributed by atoms with van der Waals surface area (Å²) in [7, 11) is 0. The van der Waals surface area contributed by atoms with Gasteiger partial charge in [-0.1, -0.05) is 43.0 Å². The largest absolute Gasteiger partial charge is 0.338 e. The van der Waals surface area contributed by atoms with Crippen molar-refractivity contribution < 1.29 is 13.6 Å². The van der Waals surface area contributed by atoms with E-state index in [4.69, 9.17) is 4.99 Å². The SMILES string of the molecule is CC1C=C(C23CN(c4ncc(F)cn4)C[C@H]2CSC(NC(=O)c2ccccc2)=N3)C(F)=CC1. The molecule has 2 aliphatic heterocycles. The Morgan fingerprint density at radius 2 is 1.97 bits per heavy atom. The van der Waals surface area contributed by atoms with Gasteiger partial charge in [-0.25, -0.2) is 23.7 Å². The monoisotopic (exact) mass is 467 g/mol. The minimum atomic E-state index is -0.891. The minimum absolute atomic E-state index is 0.0239. The van der Waals surface area contributed by atoms with E-state index in [0.29, 0.717) is 47.5 Å². The van der Waals surface area contributed by atoms with Gasteiger partial charge in [0, 0.05) is 29.4 Å². The van der Waals surface area contributed by atoms with Crippen LogP contribution in [0.15, 0.2) is 71.3 Å². The van der Waals surface area contributed by atoms with Gasteiger partial charge in [0.15, 0.2) is 11.0 Å². The number of hydrogen-bond acceptors (Lipinski definition) is 6. The zero-order chi connectivity index (χ0) is 23.0. The lowest BCUT2D eigenvalue weighted by Gasteiger charge is -2.38. The first kappa shape index (κ1) is 21.8. The van der Waals surface area contributed by atoms with Crippen molar-refractivity contribution in [3.05, 3.63) is 77.7 Å². The van der Waals surface area contributed by atoms with Crippen LogP contribution in [0.4, 0.5) is 14.7 Å². The summed E-state index contributed by atoms with van der Waals surface area (Å²) in [6.07, 6.45) is 6.46. The quantitative estimate of drug-likeness (QED) is 0.735. The number of hydrogen-bond donors (Lipinski definition) is 1. The molecule has 3 aliphatic rings. The molecular weight excluding hydrogens is 444 g/mol. The zero-order valence-electron chi connectivity index (χ0n) is 18.0. The fourth-order valence-electron chi connectivity index (χ4n) is 4.60. The topological polar surface area (TPSA) is 70.5 Å². The normalized spacial score (nSPS) is 26.8. The minimum Gasteiger partial charge on any atom is -0.338 e. The van der Waals surface area contributed by atoms with Crippen LogP contribution in [0.2, 0.25) is 0 Å². The Morgan fingerprint density at radius 3 is 2.73 bits per heavy atom. The predicted molar refractivity (Wildman–Crippen MR) is 125 cm³/mol. The lowest BCUT2D eigenvalue weighted by Crippen LogP contribution is -2.46. The number of aliphatic imine (C=N–C) groups is 1. The number of fused-ring (bicyclic) bond motifs is 1. The predicted octanol–water partition coefficient (Wildman–Crippen LogP) is 4.14. The number of rotatable bonds is 3. The number of nitrogens with zero attached hydrogens (tertiary/aromatic N) is 4. The van der Waals surface area contributed by atoms with Gasteiger partial charge in [-0.05, 0) is 30.5 Å². The van der Waals surface area contributed by atoms with Crippen molar-refractivity contribution in [2.45, 2.75) is 18.9 Å². The average molecular weight is 468 g/mol. The van der Waals surface area contributed by atoms with E-state index in [1.54, 1.807) is 30.3 Å². The second kappa shape index (κ2) is 8.70. The number of amidine groups is 1. The maximum Gasteiger partial charge on any atom is 0.257 e. The van der Waals surface area contributed by atoms with E-state index in [1.165, 1.54) is 11.8 Å². The number of carbonyl (C=O) groups excluding carboxylic acids is 1. The number of amides is 1. The van der Waals surface area contributed by atoms with Crippen molar-refractivity contribution in [1.82, 2.24) is 15.3 Å². The molecule has 1 aromatic heterocycles. The molecule has 1 saturated heterocycles. The van der Waals surface area contributed by atoms with Crippen LogP contribution < -0.4 is 10.2 Å². The standard InChI is InChI=1S/C24H23F2N5OS/c1-15-7-8-20(26)19(9-15)24-14-31(22-27-10-18(25)11-28-22)12-17(24)13-33-23(30-24)29-21(32)16-5-3-2-4-6-16/h2-6,8-11,15,17H,7,12-14H2,1H3,(H,29,30,32)/t15?,17-,24?/m0/s1. The van der Waals surface area contributed by atoms with E-state index in [-0.39, 0.29) is 23.6 Å². The Labute approximate surface area is 194 Å². The van der Waals surface area contributed by atoms with Gasteiger partial charge in [0.05, 0.1) is 18.9 Å². The van der Waals surface area contributed by atoms with E-state index in [0.717, 1.165) is 12.4 Å². The third-order valence-corrected chi connectivity index (χ3v) is 7.30. The van der Waals surface area contributed by atoms with Gasteiger partial charge in [-0.2, -0.15) is 0 Å². The average Bonchev–Trinajstić information content (AvgIpc) is 3.21. The molecule has 1 amide bonds. The molecule has 0 radical (unpaired) electrons. The molecule has 0 spiro atoms. The number of benzene rings is 1. The van der Waals surface area contributed by atoms with Gasteiger partial charge in [0.25, 0.3) is 5.91 Å². The van der Waals surface area contributed by atoms with Crippen LogP contribution in [0.1, 0.15) is 23.7 Å². The molecule has 1 fully saturated rings. The highest BCUT2D eigenvalue weighted by molar-refractivity contribution is 8.13. The Bertz CT molecular complexity index is 1150. The maximum atomic E-state index is 15.2. The van der Waals surface area contributed by atoms with Gasteiger partial charge in [0.1, 0.15) is 11.4 Å². The number of thioether (sulfide) groups is 1. The Hall–Kier alpha value is -3.07. The first-order valence-corrected chi connectivity index (χ1v) is 11.8. The zero-order valence-corrected chi connectivity index (χ0v) is 18.9. The lowest BCUT2D eigenvalue weighted by atomic mass is 9.77. The second-order valence-corrected chi connectivity index (χ2v) is 9.61. The van der Waals surface area contributed by atoms with Gasteiger partial charge >= 0.3 is 0 Å². The second-order valence-electron chi connectivity index (χ2n) is 8.60. The van der Waals surface area contributed by atoms with Gasteiger partial charge in [-0.15, -0.1) is 0 Å². The van der Waals surface area contributed by atoms with E-state index < -0.39 is 11.4 Å².